The predicted octanol–water partition coefficient (Wildman–Crippen LogP) is 5.88. The van der Waals surface area contributed by atoms with E-state index in [9.17, 15) is 8.42 Å². The van der Waals surface area contributed by atoms with E-state index in [1.54, 1.807) is 6.34 Å². The van der Waals surface area contributed by atoms with Gasteiger partial charge in [0.2, 0.25) is 6.63 Å². The van der Waals surface area contributed by atoms with Gasteiger partial charge in [0.1, 0.15) is 9.84 Å². The lowest BCUT2D eigenvalue weighted by molar-refractivity contribution is 0.221. The van der Waals surface area contributed by atoms with Crippen LogP contribution in [0.1, 0.15) is 52.0 Å². The molecular weight excluding hydrogens is 425 g/mol. The summed E-state index contributed by atoms with van der Waals surface area (Å²) < 4.78 is 36.1. The van der Waals surface area contributed by atoms with Gasteiger partial charge in [-0.05, 0) is 45.7 Å². The monoisotopic (exact) mass is 461 g/mol. The molecule has 0 amide bonds. The fourth-order valence-electron chi connectivity index (χ4n) is 2.65. The van der Waals surface area contributed by atoms with Gasteiger partial charge in [-0.3, -0.25) is 4.74 Å². The summed E-state index contributed by atoms with van der Waals surface area (Å²) in [6.07, 6.45) is 6.55. The Morgan fingerprint density at radius 3 is 2.45 bits per heavy atom. The van der Waals surface area contributed by atoms with Gasteiger partial charge in [-0.2, -0.15) is 0 Å². The van der Waals surface area contributed by atoms with Crippen molar-refractivity contribution >= 4 is 40.7 Å². The molecule has 0 spiro atoms. The lowest BCUT2D eigenvalue weighted by Crippen LogP contribution is -2.23. The third-order valence-corrected chi connectivity index (χ3v) is 8.87. The molecule has 6 nitrogen and oxygen atoms in total. The molecule has 1 rings (SSSR count). The first-order chi connectivity index (χ1) is 13.6. The average molecular weight is 462 g/mol. The van der Waals surface area contributed by atoms with Gasteiger partial charge in [0.25, 0.3) is 0 Å². The number of benzene rings is 1. The maximum absolute atomic E-state index is 11.6. The van der Waals surface area contributed by atoms with Gasteiger partial charge >= 0.3 is 0 Å². The molecule has 0 heterocycles. The summed E-state index contributed by atoms with van der Waals surface area (Å²) in [5.74, 6) is 0.104. The largest absolute Gasteiger partial charge is 0.318 e. The number of hydrogen-bond donors (Lipinski definition) is 1. The average Bonchev–Trinajstić information content (AvgIpc) is 2.63. The van der Waals surface area contributed by atoms with Crippen molar-refractivity contribution in [1.29, 1.82) is 0 Å². The van der Waals surface area contributed by atoms with Crippen LogP contribution in [0.5, 0.6) is 0 Å². The molecule has 29 heavy (non-hydrogen) atoms. The van der Waals surface area contributed by atoms with E-state index in [0.717, 1.165) is 24.9 Å². The molecular formula is C20H36N3O3PS2. The molecule has 0 bridgehead atoms. The summed E-state index contributed by atoms with van der Waals surface area (Å²) in [5, 5.41) is 0. The topological polar surface area (TPSA) is 71.3 Å². The van der Waals surface area contributed by atoms with Crippen LogP contribution in [0.3, 0.4) is 0 Å². The van der Waals surface area contributed by atoms with Crippen molar-refractivity contribution in [2.75, 3.05) is 25.1 Å². The maximum Gasteiger partial charge on any atom is 0.234 e. The van der Waals surface area contributed by atoms with Crippen LogP contribution in [0, 0.1) is 6.92 Å². The summed E-state index contributed by atoms with van der Waals surface area (Å²) in [4.78, 5) is 4.57. The Morgan fingerprint density at radius 1 is 1.24 bits per heavy atom. The summed E-state index contributed by atoms with van der Waals surface area (Å²) in [5.41, 5.74) is 1.98. The van der Waals surface area contributed by atoms with E-state index >= 15 is 0 Å². The first-order valence-corrected chi connectivity index (χ1v) is 15.0. The zero-order valence-electron chi connectivity index (χ0n) is 18.3. The van der Waals surface area contributed by atoms with Crippen molar-refractivity contribution in [2.45, 2.75) is 59.5 Å². The van der Waals surface area contributed by atoms with E-state index in [1.807, 2.05) is 49.7 Å². The number of aryl methyl sites for hydroxylation is 1. The normalized spacial score (nSPS) is 15.2. The molecule has 0 saturated heterocycles. The van der Waals surface area contributed by atoms with Crippen molar-refractivity contribution < 1.29 is 12.9 Å². The van der Waals surface area contributed by atoms with E-state index in [0.29, 0.717) is 19.5 Å². The fraction of sp³-hybridized carbons (Fsp3) is 0.650. The van der Waals surface area contributed by atoms with Gasteiger partial charge in [0.15, 0.2) is 0 Å². The minimum absolute atomic E-state index is 0.0151. The lowest BCUT2D eigenvalue weighted by atomic mass is 10.2. The Morgan fingerprint density at radius 2 is 1.90 bits per heavy atom. The number of unbranched alkanes of at least 4 members (excludes halogenated alkanes) is 1. The second kappa shape index (κ2) is 12.8. The molecule has 1 aromatic carbocycles. The van der Waals surface area contributed by atoms with Crippen LogP contribution in [-0.2, 0) is 14.4 Å². The van der Waals surface area contributed by atoms with Gasteiger partial charge in [-0.15, -0.1) is 0 Å². The highest BCUT2D eigenvalue weighted by Gasteiger charge is 2.25. The first-order valence-electron chi connectivity index (χ1n) is 10.1. The number of aliphatic imine (C=N–C) groups is 1. The highest BCUT2D eigenvalue weighted by molar-refractivity contribution is 8.46. The third-order valence-electron chi connectivity index (χ3n) is 4.22. The van der Waals surface area contributed by atoms with E-state index in [1.165, 1.54) is 11.8 Å². The Labute approximate surface area is 182 Å². The van der Waals surface area contributed by atoms with Crippen LogP contribution in [0.15, 0.2) is 34.0 Å². The molecule has 166 valence electrons. The Bertz CT molecular complexity index is 796. The standard InChI is InChI=1S/C20H36N3O3PS2/c1-6-8-10-19(4)26-27(28,22-7-2)23(15-9-16-29(5,24)25)17-21-20-13-11-18(3)12-14-20/h11-14,17,19,28H,6-10,15-16H2,1-5H3. The van der Waals surface area contributed by atoms with Crippen LogP contribution in [-0.4, -0.2) is 50.6 Å². The lowest BCUT2D eigenvalue weighted by Gasteiger charge is -2.33. The first kappa shape index (κ1) is 26.2. The van der Waals surface area contributed by atoms with E-state index < -0.39 is 16.5 Å². The van der Waals surface area contributed by atoms with Crippen LogP contribution in [0.25, 0.3) is 0 Å². The van der Waals surface area contributed by atoms with Crippen LogP contribution < -0.4 is 0 Å². The van der Waals surface area contributed by atoms with E-state index in [2.05, 4.69) is 16.7 Å². The minimum atomic E-state index is -3.04. The number of rotatable bonds is 13. The van der Waals surface area contributed by atoms with Gasteiger partial charge in [0.05, 0.1) is 23.9 Å². The van der Waals surface area contributed by atoms with Gasteiger partial charge < -0.3 is 9.19 Å². The van der Waals surface area contributed by atoms with Crippen molar-refractivity contribution in [1.82, 2.24) is 4.67 Å². The molecule has 0 saturated carbocycles. The molecule has 0 N–H and O–H groups in total. The molecule has 0 aliphatic carbocycles. The molecule has 2 atom stereocenters. The van der Waals surface area contributed by atoms with Crippen LogP contribution >= 0.6 is 18.9 Å². The van der Waals surface area contributed by atoms with Crippen molar-refractivity contribution in [3.05, 3.63) is 29.8 Å². The number of sulfone groups is 1. The Balaban J connectivity index is 3.11. The predicted molar refractivity (Wildman–Crippen MR) is 129 cm³/mol. The second-order valence-electron chi connectivity index (χ2n) is 7.26. The van der Waals surface area contributed by atoms with Gasteiger partial charge in [0, 0.05) is 19.3 Å². The fourth-order valence-corrected chi connectivity index (χ4v) is 6.47. The molecule has 0 aliphatic rings. The molecule has 0 aromatic heterocycles. The highest BCUT2D eigenvalue weighted by atomic mass is 32.7. The van der Waals surface area contributed by atoms with Gasteiger partial charge in [-0.1, -0.05) is 49.7 Å². The third kappa shape index (κ3) is 10.7. The molecule has 2 unspecified atom stereocenters. The van der Waals surface area contributed by atoms with E-state index in [4.69, 9.17) is 16.8 Å². The molecule has 0 radical (unpaired) electrons. The Hall–Kier alpha value is -0.820. The molecule has 9 heteroatoms. The van der Waals surface area contributed by atoms with Gasteiger partial charge in [-0.25, -0.2) is 13.4 Å². The zero-order chi connectivity index (χ0) is 21.9. The summed E-state index contributed by atoms with van der Waals surface area (Å²) in [6, 6.07) is 7.90. The SMILES string of the molecule is CCCCC(C)OP(S)(=NCC)N(C=Nc1ccc(C)cc1)CCCS(C)(=O)=O. The maximum atomic E-state index is 11.6. The van der Waals surface area contributed by atoms with Crippen molar-refractivity contribution in [3.8, 4) is 0 Å². The number of nitrogens with zero attached hydrogens (tertiary/aromatic N) is 3. The minimum Gasteiger partial charge on any atom is -0.318 e. The Kier molecular flexibility index (Phi) is 11.6. The van der Waals surface area contributed by atoms with Crippen molar-refractivity contribution in [3.63, 3.8) is 0 Å². The molecule has 0 aliphatic heterocycles. The zero-order valence-corrected chi connectivity index (χ0v) is 20.9. The van der Waals surface area contributed by atoms with Crippen LogP contribution in [0.4, 0.5) is 5.69 Å². The smallest absolute Gasteiger partial charge is 0.234 e. The second-order valence-corrected chi connectivity index (χ2v) is 13.1. The number of thiol groups is 1. The summed E-state index contributed by atoms with van der Waals surface area (Å²) in [6.45, 7) is 6.61. The quantitative estimate of drug-likeness (QED) is 0.172. The highest BCUT2D eigenvalue weighted by Crippen LogP contribution is 2.59. The summed E-state index contributed by atoms with van der Waals surface area (Å²) >= 11 is 4.87. The molecule has 0 fully saturated rings. The van der Waals surface area contributed by atoms with Crippen LogP contribution in [0.2, 0.25) is 0 Å². The molecule has 1 aromatic rings. The van der Waals surface area contributed by atoms with E-state index in [-0.39, 0.29) is 11.9 Å². The number of hydrogen-bond acceptors (Lipinski definition) is 5. The van der Waals surface area contributed by atoms with Crippen molar-refractivity contribution in [2.24, 2.45) is 9.74 Å². The summed E-state index contributed by atoms with van der Waals surface area (Å²) in [7, 11) is -3.04.